The van der Waals surface area contributed by atoms with Crippen molar-refractivity contribution in [2.75, 3.05) is 26.3 Å². The van der Waals surface area contributed by atoms with Gasteiger partial charge in [0.05, 0.1) is 13.2 Å². The number of ether oxygens (including phenoxy) is 1. The van der Waals surface area contributed by atoms with Gasteiger partial charge in [0, 0.05) is 12.5 Å². The van der Waals surface area contributed by atoms with Crippen LogP contribution >= 0.6 is 0 Å². The molecule has 10 heteroatoms. The smallest absolute Gasteiger partial charge is 0.407 e. The van der Waals surface area contributed by atoms with Crippen molar-refractivity contribution in [3.05, 3.63) is 77.5 Å². The van der Waals surface area contributed by atoms with Gasteiger partial charge in [-0.25, -0.2) is 9.78 Å². The molecule has 1 aliphatic rings. The summed E-state index contributed by atoms with van der Waals surface area (Å²) in [5.41, 5.74) is 4.26. The van der Waals surface area contributed by atoms with Crippen molar-refractivity contribution < 1.29 is 33.8 Å². The summed E-state index contributed by atoms with van der Waals surface area (Å²) in [5, 5.41) is 20.6. The first-order valence-electron chi connectivity index (χ1n) is 10.6. The second kappa shape index (κ2) is 10.2. The number of nitrogens with one attached hydrogen (secondary N) is 1. The third kappa shape index (κ3) is 4.76. The minimum Gasteiger partial charge on any atom is -0.480 e. The molecule has 0 atom stereocenters. The number of benzene rings is 2. The number of carbonyl (C=O) groups is 3. The first-order chi connectivity index (χ1) is 16.5. The second-order valence-corrected chi connectivity index (χ2v) is 7.65. The molecule has 0 fully saturated rings. The van der Waals surface area contributed by atoms with E-state index in [-0.39, 0.29) is 37.1 Å². The predicted octanol–water partition coefficient (Wildman–Crippen LogP) is 2.23. The van der Waals surface area contributed by atoms with E-state index >= 15 is 0 Å². The van der Waals surface area contributed by atoms with Gasteiger partial charge in [0.2, 0.25) is 0 Å². The molecular weight excluding hydrogens is 442 g/mol. The van der Waals surface area contributed by atoms with Gasteiger partial charge in [-0.1, -0.05) is 48.5 Å². The number of amides is 2. The Bertz CT molecular complexity index is 1160. The summed E-state index contributed by atoms with van der Waals surface area (Å²) in [4.78, 5) is 40.8. The second-order valence-electron chi connectivity index (χ2n) is 7.65. The summed E-state index contributed by atoms with van der Waals surface area (Å²) in [6, 6.07) is 16.0. The van der Waals surface area contributed by atoms with Gasteiger partial charge in [-0.05, 0) is 22.3 Å². The largest absolute Gasteiger partial charge is 0.480 e. The van der Waals surface area contributed by atoms with Crippen LogP contribution in [0, 0.1) is 0 Å². The fraction of sp³-hybridized carbons (Fsp3) is 0.250. The Kier molecular flexibility index (Phi) is 6.88. The third-order valence-electron chi connectivity index (χ3n) is 5.56. The molecule has 1 heterocycles. The number of alkyl carbamates (subject to hydrolysis) is 1. The lowest BCUT2D eigenvalue weighted by molar-refractivity contribution is -0.137. The Morgan fingerprint density at radius 3 is 2.32 bits per heavy atom. The van der Waals surface area contributed by atoms with Crippen molar-refractivity contribution in [1.29, 1.82) is 0 Å². The minimum absolute atomic E-state index is 0.0480. The average molecular weight is 465 g/mol. The van der Waals surface area contributed by atoms with Crippen molar-refractivity contribution in [2.24, 2.45) is 0 Å². The van der Waals surface area contributed by atoms with Crippen molar-refractivity contribution in [1.82, 2.24) is 15.2 Å². The molecule has 0 unspecified atom stereocenters. The number of nitrogens with zero attached hydrogens (tertiary/aromatic N) is 2. The summed E-state index contributed by atoms with van der Waals surface area (Å²) in [6.45, 7) is -1.25. The van der Waals surface area contributed by atoms with Crippen molar-refractivity contribution in [3.8, 4) is 11.1 Å². The van der Waals surface area contributed by atoms with Crippen molar-refractivity contribution in [3.63, 3.8) is 0 Å². The Balaban J connectivity index is 1.38. The van der Waals surface area contributed by atoms with Crippen LogP contribution in [0.4, 0.5) is 4.79 Å². The van der Waals surface area contributed by atoms with E-state index in [1.165, 1.54) is 0 Å². The number of fused-ring (bicyclic) bond motifs is 3. The van der Waals surface area contributed by atoms with Crippen LogP contribution < -0.4 is 5.32 Å². The average Bonchev–Trinajstić information content (AvgIpc) is 3.43. The molecule has 2 amide bonds. The van der Waals surface area contributed by atoms with Crippen LogP contribution in [0.25, 0.3) is 11.1 Å². The fourth-order valence-electron chi connectivity index (χ4n) is 4.06. The lowest BCUT2D eigenvalue weighted by Gasteiger charge is -2.18. The first kappa shape index (κ1) is 23.0. The maximum Gasteiger partial charge on any atom is 0.407 e. The summed E-state index contributed by atoms with van der Waals surface area (Å²) >= 11 is 0. The number of oxazole rings is 1. The maximum absolute atomic E-state index is 12.6. The van der Waals surface area contributed by atoms with Gasteiger partial charge in [-0.15, -0.1) is 0 Å². The zero-order chi connectivity index (χ0) is 24.1. The lowest BCUT2D eigenvalue weighted by Crippen LogP contribution is -2.38. The highest BCUT2D eigenvalue weighted by molar-refractivity contribution is 5.95. The van der Waals surface area contributed by atoms with Gasteiger partial charge >= 0.3 is 12.1 Å². The van der Waals surface area contributed by atoms with Crippen LogP contribution in [0.3, 0.4) is 0 Å². The van der Waals surface area contributed by atoms with Crippen LogP contribution in [0.5, 0.6) is 0 Å². The van der Waals surface area contributed by atoms with Gasteiger partial charge < -0.3 is 29.6 Å². The van der Waals surface area contributed by atoms with Crippen LogP contribution in [-0.2, 0) is 16.1 Å². The monoisotopic (exact) mass is 465 g/mol. The molecule has 2 aromatic carbocycles. The molecule has 3 aromatic rings. The quantitative estimate of drug-likeness (QED) is 0.437. The number of aliphatic hydroxyl groups excluding tert-OH is 1. The zero-order valence-electron chi connectivity index (χ0n) is 18.1. The van der Waals surface area contributed by atoms with Crippen molar-refractivity contribution in [2.45, 2.75) is 12.5 Å². The Morgan fingerprint density at radius 2 is 1.71 bits per heavy atom. The van der Waals surface area contributed by atoms with E-state index in [4.69, 9.17) is 19.4 Å². The molecule has 1 aromatic heterocycles. The van der Waals surface area contributed by atoms with Crippen LogP contribution in [0.1, 0.15) is 33.3 Å². The maximum atomic E-state index is 12.6. The number of carboxylic acids is 1. The summed E-state index contributed by atoms with van der Waals surface area (Å²) in [6.07, 6.45) is 0.328. The van der Waals surface area contributed by atoms with E-state index in [2.05, 4.69) is 10.3 Å². The highest BCUT2D eigenvalue weighted by Gasteiger charge is 2.29. The summed E-state index contributed by atoms with van der Waals surface area (Å²) in [7, 11) is 0. The topological polar surface area (TPSA) is 142 Å². The number of hydrogen-bond acceptors (Lipinski definition) is 7. The Hall–Kier alpha value is -4.18. The number of carboxylic acid groups (broad SMARTS) is 1. The summed E-state index contributed by atoms with van der Waals surface area (Å²) < 4.78 is 10.7. The normalized spacial score (nSPS) is 12.0. The molecule has 34 heavy (non-hydrogen) atoms. The highest BCUT2D eigenvalue weighted by Crippen LogP contribution is 2.44. The van der Waals surface area contributed by atoms with E-state index in [1.807, 2.05) is 48.5 Å². The molecule has 4 rings (SSSR count). The number of aromatic nitrogens is 1. The van der Waals surface area contributed by atoms with Gasteiger partial charge in [-0.2, -0.15) is 0 Å². The number of hydrogen-bond donors (Lipinski definition) is 3. The summed E-state index contributed by atoms with van der Waals surface area (Å²) in [5.74, 6) is -2.01. The molecule has 0 saturated heterocycles. The minimum atomic E-state index is -1.23. The van der Waals surface area contributed by atoms with E-state index < -0.39 is 31.1 Å². The number of aliphatic carboxylic acids is 1. The molecule has 3 N–H and O–H groups in total. The number of carbonyl (C=O) groups excluding carboxylic acids is 2. The third-order valence-corrected chi connectivity index (χ3v) is 5.56. The van der Waals surface area contributed by atoms with Crippen LogP contribution in [0.15, 0.2) is 59.3 Å². The van der Waals surface area contributed by atoms with Crippen molar-refractivity contribution >= 4 is 18.0 Å². The lowest BCUT2D eigenvalue weighted by atomic mass is 9.98. The molecule has 0 saturated carbocycles. The van der Waals surface area contributed by atoms with Gasteiger partial charge in [0.25, 0.3) is 5.91 Å². The molecule has 0 bridgehead atoms. The van der Waals surface area contributed by atoms with E-state index in [9.17, 15) is 14.4 Å². The van der Waals surface area contributed by atoms with Crippen LogP contribution in [0.2, 0.25) is 0 Å². The standard InChI is InChI=1S/C24H23N3O7/c28-10-9-27(12-21(29)30)23(31)22-20(34-14-26-22)11-25-24(32)33-13-19-17-7-3-1-5-15(17)16-6-2-4-8-18(16)19/h1-8,14,19,28H,9-13H2,(H,25,32)(H,29,30). The molecular formula is C24H23N3O7. The fourth-order valence-corrected chi connectivity index (χ4v) is 4.06. The highest BCUT2D eigenvalue weighted by atomic mass is 16.5. The van der Waals surface area contributed by atoms with E-state index in [0.29, 0.717) is 0 Å². The van der Waals surface area contributed by atoms with Crippen LogP contribution in [-0.4, -0.2) is 64.4 Å². The number of aliphatic hydroxyl groups is 1. The molecule has 176 valence electrons. The number of rotatable bonds is 9. The zero-order valence-corrected chi connectivity index (χ0v) is 18.1. The Labute approximate surface area is 194 Å². The first-order valence-corrected chi connectivity index (χ1v) is 10.6. The SMILES string of the molecule is O=C(O)CN(CCO)C(=O)c1ncoc1CNC(=O)OCC1c2ccccc2-c2ccccc21. The molecule has 1 aliphatic carbocycles. The molecule has 0 aliphatic heterocycles. The van der Waals surface area contributed by atoms with E-state index in [1.54, 1.807) is 0 Å². The van der Waals surface area contributed by atoms with Gasteiger partial charge in [0.15, 0.2) is 17.8 Å². The Morgan fingerprint density at radius 1 is 1.06 bits per heavy atom. The van der Waals surface area contributed by atoms with Gasteiger partial charge in [-0.3, -0.25) is 9.59 Å². The van der Waals surface area contributed by atoms with E-state index in [0.717, 1.165) is 33.5 Å². The van der Waals surface area contributed by atoms with Gasteiger partial charge in [0.1, 0.15) is 13.2 Å². The molecule has 10 nitrogen and oxygen atoms in total. The molecule has 0 spiro atoms. The predicted molar refractivity (Wildman–Crippen MR) is 119 cm³/mol. The molecule has 0 radical (unpaired) electrons.